The summed E-state index contributed by atoms with van der Waals surface area (Å²) in [5.41, 5.74) is 0. The largest absolute Gasteiger partial charge is 0.224 e. The van der Waals surface area contributed by atoms with Crippen LogP contribution in [0.15, 0.2) is 59.5 Å². The third kappa shape index (κ3) is 1.87. The van der Waals surface area contributed by atoms with E-state index in [0.29, 0.717) is 4.90 Å². The van der Waals surface area contributed by atoms with Crippen molar-refractivity contribution in [3.05, 3.63) is 54.6 Å². The van der Waals surface area contributed by atoms with E-state index < -0.39 is 9.84 Å². The van der Waals surface area contributed by atoms with E-state index in [0.717, 1.165) is 21.5 Å². The average molecular weight is 256 g/mol. The minimum absolute atomic E-state index is 0.366. The van der Waals surface area contributed by atoms with Crippen molar-refractivity contribution in [1.82, 2.24) is 0 Å². The predicted octanol–water partition coefficient (Wildman–Crippen LogP) is 3.40. The van der Waals surface area contributed by atoms with E-state index in [9.17, 15) is 8.42 Å². The second kappa shape index (κ2) is 3.82. The first-order valence-electron chi connectivity index (χ1n) is 5.67. The molecule has 0 atom stereocenters. The van der Waals surface area contributed by atoms with Gasteiger partial charge in [-0.05, 0) is 45.8 Å². The Morgan fingerprint density at radius 1 is 0.722 bits per heavy atom. The molecule has 0 amide bonds. The molecule has 0 heterocycles. The molecule has 2 nitrogen and oxygen atoms in total. The fourth-order valence-corrected chi connectivity index (χ4v) is 2.81. The molecular weight excluding hydrogens is 244 g/mol. The highest BCUT2D eigenvalue weighted by Crippen LogP contribution is 2.25. The summed E-state index contributed by atoms with van der Waals surface area (Å²) in [7, 11) is -3.15. The number of hydrogen-bond acceptors (Lipinski definition) is 2. The summed E-state index contributed by atoms with van der Waals surface area (Å²) in [6, 6.07) is 17.4. The van der Waals surface area contributed by atoms with Gasteiger partial charge in [-0.2, -0.15) is 0 Å². The molecule has 0 spiro atoms. The van der Waals surface area contributed by atoms with Crippen molar-refractivity contribution in [2.45, 2.75) is 4.90 Å². The number of sulfone groups is 1. The van der Waals surface area contributed by atoms with Gasteiger partial charge in [-0.3, -0.25) is 0 Å². The highest BCUT2D eigenvalue weighted by Gasteiger charge is 2.07. The van der Waals surface area contributed by atoms with Crippen molar-refractivity contribution in [3.63, 3.8) is 0 Å². The maximum atomic E-state index is 11.5. The Labute approximate surface area is 106 Å². The van der Waals surface area contributed by atoms with Gasteiger partial charge in [0.25, 0.3) is 0 Å². The second-order valence-electron chi connectivity index (χ2n) is 4.48. The van der Waals surface area contributed by atoms with E-state index in [4.69, 9.17) is 0 Å². The van der Waals surface area contributed by atoms with Gasteiger partial charge in [0.05, 0.1) is 4.90 Å². The maximum absolute atomic E-state index is 11.5. The Hall–Kier alpha value is -1.87. The molecule has 0 aliphatic rings. The van der Waals surface area contributed by atoms with E-state index in [2.05, 4.69) is 12.1 Å². The van der Waals surface area contributed by atoms with Crippen molar-refractivity contribution in [1.29, 1.82) is 0 Å². The average Bonchev–Trinajstić information content (AvgIpc) is 2.34. The fourth-order valence-electron chi connectivity index (χ4n) is 2.15. The molecule has 3 rings (SSSR count). The van der Waals surface area contributed by atoms with Crippen LogP contribution in [0.1, 0.15) is 0 Å². The number of hydrogen-bond donors (Lipinski definition) is 0. The molecule has 3 aromatic rings. The SMILES string of the molecule is CS(=O)(=O)c1ccc2cc3ccccc3cc2c1. The maximum Gasteiger partial charge on any atom is 0.175 e. The van der Waals surface area contributed by atoms with Gasteiger partial charge in [-0.25, -0.2) is 8.42 Å². The minimum atomic E-state index is -3.15. The van der Waals surface area contributed by atoms with Crippen LogP contribution in [-0.2, 0) is 9.84 Å². The van der Waals surface area contributed by atoms with Crippen LogP contribution < -0.4 is 0 Å². The highest BCUT2D eigenvalue weighted by molar-refractivity contribution is 7.90. The zero-order valence-electron chi connectivity index (χ0n) is 9.92. The van der Waals surface area contributed by atoms with Gasteiger partial charge in [0.1, 0.15) is 0 Å². The van der Waals surface area contributed by atoms with Gasteiger partial charge in [0.2, 0.25) is 0 Å². The van der Waals surface area contributed by atoms with Crippen LogP contribution in [0.2, 0.25) is 0 Å². The minimum Gasteiger partial charge on any atom is -0.224 e. The van der Waals surface area contributed by atoms with Gasteiger partial charge in [0.15, 0.2) is 9.84 Å². The lowest BCUT2D eigenvalue weighted by Crippen LogP contribution is -1.96. The van der Waals surface area contributed by atoms with Crippen molar-refractivity contribution in [3.8, 4) is 0 Å². The quantitative estimate of drug-likeness (QED) is 0.625. The molecule has 0 fully saturated rings. The van der Waals surface area contributed by atoms with Gasteiger partial charge >= 0.3 is 0 Å². The van der Waals surface area contributed by atoms with E-state index in [1.807, 2.05) is 30.3 Å². The molecule has 0 bridgehead atoms. The number of benzene rings is 3. The molecule has 90 valence electrons. The Balaban J connectivity index is 2.37. The van der Waals surface area contributed by atoms with Gasteiger partial charge < -0.3 is 0 Å². The Morgan fingerprint density at radius 2 is 1.28 bits per heavy atom. The second-order valence-corrected chi connectivity index (χ2v) is 6.50. The van der Waals surface area contributed by atoms with E-state index in [1.54, 1.807) is 12.1 Å². The summed E-state index contributed by atoms with van der Waals surface area (Å²) in [5.74, 6) is 0. The fraction of sp³-hybridized carbons (Fsp3) is 0.0667. The molecule has 0 radical (unpaired) electrons. The molecule has 0 aliphatic heterocycles. The van der Waals surface area contributed by atoms with E-state index >= 15 is 0 Å². The van der Waals surface area contributed by atoms with Gasteiger partial charge in [-0.1, -0.05) is 30.3 Å². The monoisotopic (exact) mass is 256 g/mol. The summed E-state index contributed by atoms with van der Waals surface area (Å²) in [5, 5.41) is 4.30. The summed E-state index contributed by atoms with van der Waals surface area (Å²) >= 11 is 0. The third-order valence-electron chi connectivity index (χ3n) is 3.10. The van der Waals surface area contributed by atoms with E-state index in [1.165, 1.54) is 6.26 Å². The van der Waals surface area contributed by atoms with Crippen molar-refractivity contribution >= 4 is 31.4 Å². The molecular formula is C15H12O2S. The Morgan fingerprint density at radius 3 is 1.89 bits per heavy atom. The lowest BCUT2D eigenvalue weighted by atomic mass is 10.0. The molecule has 3 aromatic carbocycles. The molecule has 0 saturated carbocycles. The molecule has 18 heavy (non-hydrogen) atoms. The molecule has 0 saturated heterocycles. The van der Waals surface area contributed by atoms with Crippen molar-refractivity contribution < 1.29 is 8.42 Å². The standard InChI is InChI=1S/C15H12O2S/c1-18(16,17)15-7-6-13-8-11-4-2-3-5-12(11)9-14(13)10-15/h2-10H,1H3. The molecule has 0 unspecified atom stereocenters. The lowest BCUT2D eigenvalue weighted by Gasteiger charge is -2.04. The van der Waals surface area contributed by atoms with Crippen LogP contribution in [0.5, 0.6) is 0 Å². The molecule has 3 heteroatoms. The molecule has 0 N–H and O–H groups in total. The van der Waals surface area contributed by atoms with Crippen LogP contribution in [0.25, 0.3) is 21.5 Å². The lowest BCUT2D eigenvalue weighted by molar-refractivity contribution is 0.602. The molecule has 0 aliphatic carbocycles. The van der Waals surface area contributed by atoms with Crippen LogP contribution in [0.3, 0.4) is 0 Å². The van der Waals surface area contributed by atoms with Gasteiger partial charge in [0, 0.05) is 6.26 Å². The molecule has 0 aromatic heterocycles. The highest BCUT2D eigenvalue weighted by atomic mass is 32.2. The Kier molecular flexibility index (Phi) is 2.38. The predicted molar refractivity (Wildman–Crippen MR) is 74.6 cm³/mol. The summed E-state index contributed by atoms with van der Waals surface area (Å²) in [6.07, 6.45) is 1.23. The first-order valence-corrected chi connectivity index (χ1v) is 7.56. The van der Waals surface area contributed by atoms with Crippen LogP contribution in [-0.4, -0.2) is 14.7 Å². The first-order chi connectivity index (χ1) is 8.54. The van der Waals surface area contributed by atoms with Crippen molar-refractivity contribution in [2.75, 3.05) is 6.26 Å². The zero-order valence-corrected chi connectivity index (χ0v) is 10.7. The first kappa shape index (κ1) is 11.2. The smallest absolute Gasteiger partial charge is 0.175 e. The third-order valence-corrected chi connectivity index (χ3v) is 4.21. The van der Waals surface area contributed by atoms with Crippen LogP contribution in [0, 0.1) is 0 Å². The van der Waals surface area contributed by atoms with Gasteiger partial charge in [-0.15, -0.1) is 0 Å². The summed E-state index contributed by atoms with van der Waals surface area (Å²) in [6.45, 7) is 0. The zero-order chi connectivity index (χ0) is 12.8. The van der Waals surface area contributed by atoms with Crippen LogP contribution >= 0.6 is 0 Å². The summed E-state index contributed by atoms with van der Waals surface area (Å²) in [4.78, 5) is 0.366. The van der Waals surface area contributed by atoms with Crippen LogP contribution in [0.4, 0.5) is 0 Å². The topological polar surface area (TPSA) is 34.1 Å². The normalized spacial score (nSPS) is 12.1. The number of fused-ring (bicyclic) bond motifs is 2. The Bertz CT molecular complexity index is 849. The van der Waals surface area contributed by atoms with Crippen molar-refractivity contribution in [2.24, 2.45) is 0 Å². The number of rotatable bonds is 1. The summed E-state index contributed by atoms with van der Waals surface area (Å²) < 4.78 is 23.1. The van der Waals surface area contributed by atoms with E-state index in [-0.39, 0.29) is 0 Å².